The van der Waals surface area contributed by atoms with Crippen LogP contribution in [0.1, 0.15) is 37.2 Å². The van der Waals surface area contributed by atoms with Crippen LogP contribution in [-0.4, -0.2) is 11.2 Å². The number of hydrogen-bond donors (Lipinski definition) is 1. The van der Waals surface area contributed by atoms with Gasteiger partial charge in [0, 0.05) is 11.5 Å². The summed E-state index contributed by atoms with van der Waals surface area (Å²) >= 11 is 0. The third-order valence-corrected chi connectivity index (χ3v) is 3.40. The number of fused-ring (bicyclic) bond motifs is 3. The lowest BCUT2D eigenvalue weighted by molar-refractivity contribution is 0.160. The summed E-state index contributed by atoms with van der Waals surface area (Å²) in [6, 6.07) is 5.70. The van der Waals surface area contributed by atoms with Gasteiger partial charge in [-0.2, -0.15) is 0 Å². The smallest absolute Gasteiger partial charge is 0.164 e. The molecule has 0 saturated heterocycles. The lowest BCUT2D eigenvalue weighted by atomic mass is 9.83. The van der Waals surface area contributed by atoms with E-state index >= 15 is 0 Å². The van der Waals surface area contributed by atoms with Gasteiger partial charge in [0.05, 0.1) is 0 Å². The molecule has 2 unspecified atom stereocenters. The molecule has 1 N–H and O–H groups in total. The van der Waals surface area contributed by atoms with Crippen molar-refractivity contribution in [2.75, 3.05) is 0 Å². The first kappa shape index (κ1) is 8.16. The quantitative estimate of drug-likeness (QED) is 0.681. The van der Waals surface area contributed by atoms with E-state index in [2.05, 4.69) is 6.07 Å². The molecule has 14 heavy (non-hydrogen) atoms. The van der Waals surface area contributed by atoms with E-state index in [1.54, 1.807) is 6.07 Å². The molecule has 0 radical (unpaired) electrons. The molecule has 1 aromatic carbocycles. The maximum atomic E-state index is 9.65. The van der Waals surface area contributed by atoms with E-state index in [1.165, 1.54) is 24.8 Å². The summed E-state index contributed by atoms with van der Waals surface area (Å²) in [6.45, 7) is 0. The molecule has 1 aliphatic heterocycles. The SMILES string of the molecule is Oc1cccc2c1OC1CCCCC21. The number of para-hydroxylation sites is 1. The monoisotopic (exact) mass is 190 g/mol. The van der Waals surface area contributed by atoms with E-state index < -0.39 is 0 Å². The Morgan fingerprint density at radius 3 is 3.00 bits per heavy atom. The molecule has 1 fully saturated rings. The first-order valence-corrected chi connectivity index (χ1v) is 5.35. The highest BCUT2D eigenvalue weighted by atomic mass is 16.5. The normalized spacial score (nSPS) is 29.1. The van der Waals surface area contributed by atoms with E-state index in [0.717, 1.165) is 12.2 Å². The molecule has 2 atom stereocenters. The molecular weight excluding hydrogens is 176 g/mol. The third-order valence-electron chi connectivity index (χ3n) is 3.40. The molecule has 2 nitrogen and oxygen atoms in total. The lowest BCUT2D eigenvalue weighted by Crippen LogP contribution is -2.22. The molecule has 1 aromatic rings. The van der Waals surface area contributed by atoms with Gasteiger partial charge in [0.2, 0.25) is 0 Å². The predicted octanol–water partition coefficient (Wildman–Crippen LogP) is 2.81. The van der Waals surface area contributed by atoms with Gasteiger partial charge < -0.3 is 9.84 Å². The minimum atomic E-state index is 0.303. The van der Waals surface area contributed by atoms with Crippen LogP contribution >= 0.6 is 0 Å². The van der Waals surface area contributed by atoms with Crippen molar-refractivity contribution < 1.29 is 9.84 Å². The summed E-state index contributed by atoms with van der Waals surface area (Å²) in [7, 11) is 0. The van der Waals surface area contributed by atoms with Crippen LogP contribution in [0.5, 0.6) is 11.5 Å². The van der Waals surface area contributed by atoms with E-state index in [4.69, 9.17) is 4.74 Å². The summed E-state index contributed by atoms with van der Waals surface area (Å²) in [5.74, 6) is 1.58. The van der Waals surface area contributed by atoms with Crippen molar-refractivity contribution in [3.63, 3.8) is 0 Å². The van der Waals surface area contributed by atoms with Crippen LogP contribution in [0.15, 0.2) is 18.2 Å². The summed E-state index contributed by atoms with van der Waals surface area (Å²) in [5, 5.41) is 9.65. The van der Waals surface area contributed by atoms with Crippen molar-refractivity contribution in [2.45, 2.75) is 37.7 Å². The third kappa shape index (κ3) is 1.03. The number of hydrogen-bond acceptors (Lipinski definition) is 2. The lowest BCUT2D eigenvalue weighted by Gasteiger charge is -2.23. The van der Waals surface area contributed by atoms with Gasteiger partial charge >= 0.3 is 0 Å². The molecule has 2 heteroatoms. The molecule has 1 heterocycles. The van der Waals surface area contributed by atoms with Crippen LogP contribution in [0.25, 0.3) is 0 Å². The van der Waals surface area contributed by atoms with Gasteiger partial charge in [0.25, 0.3) is 0 Å². The molecule has 1 aliphatic carbocycles. The van der Waals surface area contributed by atoms with Crippen LogP contribution < -0.4 is 4.74 Å². The largest absolute Gasteiger partial charge is 0.504 e. The van der Waals surface area contributed by atoms with E-state index in [-0.39, 0.29) is 0 Å². The molecular formula is C12H14O2. The molecule has 0 amide bonds. The topological polar surface area (TPSA) is 29.5 Å². The summed E-state index contributed by atoms with van der Waals surface area (Å²) in [5.41, 5.74) is 1.22. The van der Waals surface area contributed by atoms with Crippen LogP contribution in [0, 0.1) is 0 Å². The van der Waals surface area contributed by atoms with Crippen molar-refractivity contribution in [2.24, 2.45) is 0 Å². The van der Waals surface area contributed by atoms with Crippen molar-refractivity contribution in [3.8, 4) is 11.5 Å². The van der Waals surface area contributed by atoms with Crippen molar-refractivity contribution >= 4 is 0 Å². The van der Waals surface area contributed by atoms with E-state index in [1.807, 2.05) is 6.07 Å². The first-order valence-electron chi connectivity index (χ1n) is 5.35. The minimum absolute atomic E-state index is 0.303. The van der Waals surface area contributed by atoms with Crippen molar-refractivity contribution in [1.82, 2.24) is 0 Å². The van der Waals surface area contributed by atoms with Crippen molar-refractivity contribution in [1.29, 1.82) is 0 Å². The second-order valence-electron chi connectivity index (χ2n) is 4.24. The fourth-order valence-electron chi connectivity index (χ4n) is 2.71. The fourth-order valence-corrected chi connectivity index (χ4v) is 2.71. The van der Waals surface area contributed by atoms with Crippen LogP contribution in [-0.2, 0) is 0 Å². The summed E-state index contributed by atoms with van der Waals surface area (Å²) in [6.07, 6.45) is 5.22. The average Bonchev–Trinajstić information content (AvgIpc) is 2.59. The predicted molar refractivity (Wildman–Crippen MR) is 53.7 cm³/mol. The Labute approximate surface area is 83.5 Å². The standard InChI is InChI=1S/C12H14O2/c13-10-6-3-5-9-8-4-1-2-7-11(8)14-12(9)10/h3,5-6,8,11,13H,1-2,4,7H2. The van der Waals surface area contributed by atoms with Gasteiger partial charge in [-0.15, -0.1) is 0 Å². The van der Waals surface area contributed by atoms with Gasteiger partial charge in [0.15, 0.2) is 11.5 Å². The Hall–Kier alpha value is -1.18. The number of phenols is 1. The minimum Gasteiger partial charge on any atom is -0.504 e. The summed E-state index contributed by atoms with van der Waals surface area (Å²) in [4.78, 5) is 0. The van der Waals surface area contributed by atoms with Crippen LogP contribution in [0.3, 0.4) is 0 Å². The van der Waals surface area contributed by atoms with Gasteiger partial charge in [-0.05, 0) is 25.3 Å². The second kappa shape index (κ2) is 2.91. The van der Waals surface area contributed by atoms with Gasteiger partial charge in [0.1, 0.15) is 6.10 Å². The number of aromatic hydroxyl groups is 1. The Bertz CT molecular complexity index is 359. The van der Waals surface area contributed by atoms with Gasteiger partial charge in [-0.3, -0.25) is 0 Å². The zero-order valence-corrected chi connectivity index (χ0v) is 8.07. The van der Waals surface area contributed by atoms with E-state index in [0.29, 0.717) is 17.8 Å². The highest BCUT2D eigenvalue weighted by Gasteiger charge is 2.37. The molecule has 74 valence electrons. The zero-order valence-electron chi connectivity index (χ0n) is 8.07. The van der Waals surface area contributed by atoms with Crippen LogP contribution in [0.4, 0.5) is 0 Å². The van der Waals surface area contributed by atoms with Crippen LogP contribution in [0.2, 0.25) is 0 Å². The fraction of sp³-hybridized carbons (Fsp3) is 0.500. The number of ether oxygens (including phenoxy) is 1. The molecule has 0 spiro atoms. The number of phenolic OH excluding ortho intramolecular Hbond substituents is 1. The summed E-state index contributed by atoms with van der Waals surface area (Å²) < 4.78 is 5.79. The number of rotatable bonds is 0. The van der Waals surface area contributed by atoms with E-state index in [9.17, 15) is 5.11 Å². The molecule has 0 bridgehead atoms. The maximum Gasteiger partial charge on any atom is 0.164 e. The highest BCUT2D eigenvalue weighted by Crippen LogP contribution is 2.48. The highest BCUT2D eigenvalue weighted by molar-refractivity contribution is 5.50. The molecule has 3 rings (SSSR count). The first-order chi connectivity index (χ1) is 6.86. The Balaban J connectivity index is 2.05. The van der Waals surface area contributed by atoms with Gasteiger partial charge in [-0.1, -0.05) is 18.6 Å². The average molecular weight is 190 g/mol. The second-order valence-corrected chi connectivity index (χ2v) is 4.24. The zero-order chi connectivity index (χ0) is 9.54. The van der Waals surface area contributed by atoms with Crippen molar-refractivity contribution in [3.05, 3.63) is 23.8 Å². The van der Waals surface area contributed by atoms with Gasteiger partial charge in [-0.25, -0.2) is 0 Å². The molecule has 2 aliphatic rings. The molecule has 0 aromatic heterocycles. The maximum absolute atomic E-state index is 9.65. The Morgan fingerprint density at radius 1 is 1.21 bits per heavy atom. The molecule has 1 saturated carbocycles. The Morgan fingerprint density at radius 2 is 2.07 bits per heavy atom. The number of benzene rings is 1. The Kier molecular flexibility index (Phi) is 1.69.